The van der Waals surface area contributed by atoms with Crippen LogP contribution in [-0.2, 0) is 20.7 Å². The highest BCUT2D eigenvalue weighted by Gasteiger charge is 2.24. The summed E-state index contributed by atoms with van der Waals surface area (Å²) in [6.45, 7) is 1.50. The Kier molecular flexibility index (Phi) is 7.54. The Hall–Kier alpha value is -3.93. The average molecular weight is 416 g/mol. The number of ether oxygens (including phenoxy) is 1. The molecule has 0 aliphatic rings. The molecule has 0 fully saturated rings. The molecule has 0 heterocycles. The van der Waals surface area contributed by atoms with Crippen molar-refractivity contribution in [3.05, 3.63) is 102 Å². The molecule has 0 radical (unpaired) electrons. The Bertz CT molecular complexity index is 1020. The summed E-state index contributed by atoms with van der Waals surface area (Å²) in [5.74, 6) is -1.51. The number of carbonyl (C=O) groups is 3. The monoisotopic (exact) mass is 416 g/mol. The highest BCUT2D eigenvalue weighted by molar-refractivity contribution is 5.97. The third-order valence-corrected chi connectivity index (χ3v) is 4.59. The van der Waals surface area contributed by atoms with Gasteiger partial charge in [0.1, 0.15) is 6.04 Å². The van der Waals surface area contributed by atoms with Crippen LogP contribution in [0.2, 0.25) is 0 Å². The molecule has 1 atom stereocenters. The van der Waals surface area contributed by atoms with E-state index in [0.717, 1.165) is 11.1 Å². The van der Waals surface area contributed by atoms with E-state index in [1.165, 1.54) is 0 Å². The first-order chi connectivity index (χ1) is 15.0. The maximum Gasteiger partial charge on any atom is 0.329 e. The standard InChI is InChI=1S/C25H24N2O4/c1-18-12-14-21(15-13-18)26-23(28)17-31-25(30)22(16-19-8-4-2-5-9-19)27-24(29)20-10-6-3-7-11-20/h2-15,22H,16-17H2,1H3,(H,26,28)(H,27,29)/t22-/m1/s1. The number of anilines is 1. The van der Waals surface area contributed by atoms with Gasteiger partial charge in [-0.2, -0.15) is 0 Å². The van der Waals surface area contributed by atoms with Crippen molar-refractivity contribution in [3.63, 3.8) is 0 Å². The quantitative estimate of drug-likeness (QED) is 0.551. The number of rotatable bonds is 8. The van der Waals surface area contributed by atoms with Crippen LogP contribution in [0.3, 0.4) is 0 Å². The van der Waals surface area contributed by atoms with Gasteiger partial charge in [-0.05, 0) is 36.8 Å². The summed E-state index contributed by atoms with van der Waals surface area (Å²) in [5, 5.41) is 5.39. The maximum absolute atomic E-state index is 12.7. The van der Waals surface area contributed by atoms with Crippen LogP contribution in [0.1, 0.15) is 21.5 Å². The molecule has 3 aromatic carbocycles. The number of amides is 2. The number of hydrogen-bond acceptors (Lipinski definition) is 4. The first kappa shape index (κ1) is 21.8. The lowest BCUT2D eigenvalue weighted by molar-refractivity contribution is -0.149. The van der Waals surface area contributed by atoms with E-state index in [9.17, 15) is 14.4 Å². The van der Waals surface area contributed by atoms with Gasteiger partial charge in [-0.3, -0.25) is 9.59 Å². The Morgan fingerprint density at radius 3 is 2.10 bits per heavy atom. The fourth-order valence-electron chi connectivity index (χ4n) is 2.95. The zero-order valence-corrected chi connectivity index (χ0v) is 17.2. The van der Waals surface area contributed by atoms with Crippen LogP contribution in [0.15, 0.2) is 84.9 Å². The molecular weight excluding hydrogens is 392 g/mol. The fourth-order valence-corrected chi connectivity index (χ4v) is 2.95. The second kappa shape index (κ2) is 10.7. The zero-order valence-electron chi connectivity index (χ0n) is 17.2. The van der Waals surface area contributed by atoms with Crippen molar-refractivity contribution in [2.24, 2.45) is 0 Å². The van der Waals surface area contributed by atoms with Crippen LogP contribution >= 0.6 is 0 Å². The molecule has 0 bridgehead atoms. The highest BCUT2D eigenvalue weighted by Crippen LogP contribution is 2.09. The van der Waals surface area contributed by atoms with Crippen LogP contribution in [0.4, 0.5) is 5.69 Å². The van der Waals surface area contributed by atoms with Gasteiger partial charge in [-0.1, -0.05) is 66.2 Å². The molecule has 3 aromatic rings. The third-order valence-electron chi connectivity index (χ3n) is 4.59. The molecule has 6 heteroatoms. The maximum atomic E-state index is 12.7. The SMILES string of the molecule is Cc1ccc(NC(=O)COC(=O)[C@@H](Cc2ccccc2)NC(=O)c2ccccc2)cc1. The van der Waals surface area contributed by atoms with Gasteiger partial charge in [0, 0.05) is 17.7 Å². The number of hydrogen-bond donors (Lipinski definition) is 2. The molecule has 31 heavy (non-hydrogen) atoms. The minimum atomic E-state index is -0.928. The van der Waals surface area contributed by atoms with Crippen LogP contribution < -0.4 is 10.6 Å². The Morgan fingerprint density at radius 1 is 0.839 bits per heavy atom. The van der Waals surface area contributed by atoms with Crippen LogP contribution in [0.25, 0.3) is 0 Å². The number of aryl methyl sites for hydroxylation is 1. The molecule has 0 aromatic heterocycles. The lowest BCUT2D eigenvalue weighted by Gasteiger charge is -2.18. The molecular formula is C25H24N2O4. The van der Waals surface area contributed by atoms with E-state index in [1.54, 1.807) is 42.5 Å². The summed E-state index contributed by atoms with van der Waals surface area (Å²) in [6.07, 6.45) is 0.248. The summed E-state index contributed by atoms with van der Waals surface area (Å²) in [6, 6.07) is 24.3. The van der Waals surface area contributed by atoms with Gasteiger partial charge >= 0.3 is 5.97 Å². The van der Waals surface area contributed by atoms with Gasteiger partial charge in [0.25, 0.3) is 11.8 Å². The molecule has 0 aliphatic carbocycles. The van der Waals surface area contributed by atoms with Gasteiger partial charge in [0.15, 0.2) is 6.61 Å². The molecule has 6 nitrogen and oxygen atoms in total. The normalized spacial score (nSPS) is 11.3. The summed E-state index contributed by atoms with van der Waals surface area (Å²) in [4.78, 5) is 37.4. The number of nitrogens with one attached hydrogen (secondary N) is 2. The first-order valence-corrected chi connectivity index (χ1v) is 9.94. The molecule has 0 spiro atoms. The van der Waals surface area contributed by atoms with Crippen molar-refractivity contribution in [2.45, 2.75) is 19.4 Å². The molecule has 0 aliphatic heterocycles. The van der Waals surface area contributed by atoms with Crippen LogP contribution in [-0.4, -0.2) is 30.4 Å². The lowest BCUT2D eigenvalue weighted by Crippen LogP contribution is -2.44. The topological polar surface area (TPSA) is 84.5 Å². The van der Waals surface area contributed by atoms with Gasteiger partial charge in [-0.25, -0.2) is 4.79 Å². The Labute approximate surface area is 181 Å². The summed E-state index contributed by atoms with van der Waals surface area (Å²) < 4.78 is 5.21. The number of benzene rings is 3. The van der Waals surface area contributed by atoms with E-state index >= 15 is 0 Å². The van der Waals surface area contributed by atoms with E-state index in [0.29, 0.717) is 11.3 Å². The summed E-state index contributed by atoms with van der Waals surface area (Å²) in [5.41, 5.74) is 2.99. The second-order valence-corrected chi connectivity index (χ2v) is 7.10. The number of esters is 1. The average Bonchev–Trinajstić information content (AvgIpc) is 2.80. The minimum Gasteiger partial charge on any atom is -0.454 e. The Morgan fingerprint density at radius 2 is 1.45 bits per heavy atom. The van der Waals surface area contributed by atoms with Gasteiger partial charge in [-0.15, -0.1) is 0 Å². The largest absolute Gasteiger partial charge is 0.454 e. The predicted molar refractivity (Wildman–Crippen MR) is 119 cm³/mol. The van der Waals surface area contributed by atoms with Crippen molar-refractivity contribution in [2.75, 3.05) is 11.9 Å². The molecule has 0 saturated carbocycles. The second-order valence-electron chi connectivity index (χ2n) is 7.10. The smallest absolute Gasteiger partial charge is 0.329 e. The molecule has 0 unspecified atom stereocenters. The van der Waals surface area contributed by atoms with E-state index in [4.69, 9.17) is 4.74 Å². The molecule has 3 rings (SSSR count). The fraction of sp³-hybridized carbons (Fsp3) is 0.160. The van der Waals surface area contributed by atoms with E-state index in [1.807, 2.05) is 49.4 Å². The van der Waals surface area contributed by atoms with E-state index < -0.39 is 24.5 Å². The van der Waals surface area contributed by atoms with Crippen molar-refractivity contribution in [1.82, 2.24) is 5.32 Å². The van der Waals surface area contributed by atoms with Gasteiger partial charge in [0.05, 0.1) is 0 Å². The van der Waals surface area contributed by atoms with Crippen molar-refractivity contribution in [3.8, 4) is 0 Å². The third kappa shape index (κ3) is 6.82. The first-order valence-electron chi connectivity index (χ1n) is 9.94. The lowest BCUT2D eigenvalue weighted by atomic mass is 10.1. The van der Waals surface area contributed by atoms with Gasteiger partial charge in [0.2, 0.25) is 0 Å². The van der Waals surface area contributed by atoms with Crippen molar-refractivity contribution >= 4 is 23.5 Å². The molecule has 0 saturated heterocycles. The molecule has 158 valence electrons. The van der Waals surface area contributed by atoms with Crippen molar-refractivity contribution in [1.29, 1.82) is 0 Å². The summed E-state index contributed by atoms with van der Waals surface area (Å²) >= 11 is 0. The number of carbonyl (C=O) groups excluding carboxylic acids is 3. The molecule has 2 amide bonds. The van der Waals surface area contributed by atoms with Crippen LogP contribution in [0, 0.1) is 6.92 Å². The van der Waals surface area contributed by atoms with Crippen LogP contribution in [0.5, 0.6) is 0 Å². The summed E-state index contributed by atoms with van der Waals surface area (Å²) in [7, 11) is 0. The zero-order chi connectivity index (χ0) is 22.1. The Balaban J connectivity index is 1.62. The molecule has 2 N–H and O–H groups in total. The van der Waals surface area contributed by atoms with E-state index in [-0.39, 0.29) is 12.3 Å². The minimum absolute atomic E-state index is 0.248. The van der Waals surface area contributed by atoms with Crippen molar-refractivity contribution < 1.29 is 19.1 Å². The van der Waals surface area contributed by atoms with E-state index in [2.05, 4.69) is 10.6 Å². The predicted octanol–water partition coefficient (Wildman–Crippen LogP) is 3.52. The highest BCUT2D eigenvalue weighted by atomic mass is 16.5. The van der Waals surface area contributed by atoms with Gasteiger partial charge < -0.3 is 15.4 Å².